The lowest BCUT2D eigenvalue weighted by Gasteiger charge is -2.10. The smallest absolute Gasteiger partial charge is 0.271 e. The molecule has 22 heavy (non-hydrogen) atoms. The van der Waals surface area contributed by atoms with Crippen molar-refractivity contribution in [1.82, 2.24) is 15.1 Å². The second-order valence-electron chi connectivity index (χ2n) is 4.92. The van der Waals surface area contributed by atoms with Gasteiger partial charge in [0.15, 0.2) is 0 Å². The van der Waals surface area contributed by atoms with Gasteiger partial charge in [-0.1, -0.05) is 19.1 Å². The van der Waals surface area contributed by atoms with Crippen LogP contribution >= 0.6 is 0 Å². The molecule has 7 nitrogen and oxygen atoms in total. The lowest BCUT2D eigenvalue weighted by molar-refractivity contribution is -0.384. The summed E-state index contributed by atoms with van der Waals surface area (Å²) in [5.74, 6) is 0. The number of hydrogen-bond donors (Lipinski definition) is 1. The third kappa shape index (κ3) is 3.37. The molecule has 0 aliphatic heterocycles. The number of non-ortho nitro benzene ring substituents is 1. The Morgan fingerprint density at radius 3 is 2.77 bits per heavy atom. The van der Waals surface area contributed by atoms with Gasteiger partial charge in [-0.15, -0.1) is 0 Å². The quantitative estimate of drug-likeness (QED) is 0.650. The molecule has 0 saturated heterocycles. The molecule has 7 heteroatoms. The van der Waals surface area contributed by atoms with Gasteiger partial charge >= 0.3 is 0 Å². The summed E-state index contributed by atoms with van der Waals surface area (Å²) in [4.78, 5) is 22.7. The molecule has 116 valence electrons. The van der Waals surface area contributed by atoms with Crippen LogP contribution in [0.3, 0.4) is 0 Å². The summed E-state index contributed by atoms with van der Waals surface area (Å²) in [6.07, 6.45) is 0.782. The topological polar surface area (TPSA) is 90.1 Å². The lowest BCUT2D eigenvalue weighted by atomic mass is 10.1. The highest BCUT2D eigenvalue weighted by atomic mass is 16.6. The van der Waals surface area contributed by atoms with E-state index in [9.17, 15) is 14.9 Å². The van der Waals surface area contributed by atoms with E-state index in [0.29, 0.717) is 29.9 Å². The summed E-state index contributed by atoms with van der Waals surface area (Å²) in [6, 6.07) is 7.94. The van der Waals surface area contributed by atoms with Crippen LogP contribution in [-0.2, 0) is 13.1 Å². The van der Waals surface area contributed by atoms with Crippen molar-refractivity contribution in [2.75, 3.05) is 7.05 Å². The minimum Gasteiger partial charge on any atom is -0.315 e. The molecular weight excluding hydrogens is 284 g/mol. The summed E-state index contributed by atoms with van der Waals surface area (Å²) >= 11 is 0. The third-order valence-electron chi connectivity index (χ3n) is 3.20. The molecule has 0 atom stereocenters. The van der Waals surface area contributed by atoms with Crippen molar-refractivity contribution in [3.8, 4) is 11.3 Å². The molecule has 1 N–H and O–H groups in total. The number of benzene rings is 1. The van der Waals surface area contributed by atoms with Gasteiger partial charge in [-0.05, 0) is 19.5 Å². The number of nitrogens with one attached hydrogen (secondary N) is 1. The molecule has 0 aliphatic carbocycles. The van der Waals surface area contributed by atoms with E-state index < -0.39 is 4.92 Å². The Hall–Kier alpha value is -2.54. The molecule has 0 fully saturated rings. The second-order valence-corrected chi connectivity index (χ2v) is 4.92. The summed E-state index contributed by atoms with van der Waals surface area (Å²) in [5, 5.41) is 18.2. The Morgan fingerprint density at radius 2 is 2.14 bits per heavy atom. The van der Waals surface area contributed by atoms with Crippen molar-refractivity contribution in [3.05, 3.63) is 56.4 Å². The lowest BCUT2D eigenvalue weighted by Crippen LogP contribution is -2.28. The van der Waals surface area contributed by atoms with Crippen molar-refractivity contribution in [1.29, 1.82) is 0 Å². The molecule has 1 aromatic carbocycles. The van der Waals surface area contributed by atoms with Gasteiger partial charge in [0.25, 0.3) is 11.2 Å². The first-order valence-corrected chi connectivity index (χ1v) is 7.07. The van der Waals surface area contributed by atoms with Gasteiger partial charge in [-0.25, -0.2) is 4.68 Å². The summed E-state index contributed by atoms with van der Waals surface area (Å²) in [6.45, 7) is 2.90. The summed E-state index contributed by atoms with van der Waals surface area (Å²) < 4.78 is 1.42. The van der Waals surface area contributed by atoms with Crippen LogP contribution in [0.1, 0.15) is 18.9 Å². The van der Waals surface area contributed by atoms with Gasteiger partial charge in [0.1, 0.15) is 0 Å². The van der Waals surface area contributed by atoms with Crippen molar-refractivity contribution in [3.63, 3.8) is 0 Å². The van der Waals surface area contributed by atoms with Crippen LogP contribution in [0.25, 0.3) is 11.3 Å². The SMILES string of the molecule is CCCn1nc(-c2cccc([N+](=O)[O-])c2)cc(CNC)c1=O. The van der Waals surface area contributed by atoms with Gasteiger partial charge in [0, 0.05) is 36.3 Å². The minimum atomic E-state index is -0.444. The molecule has 1 heterocycles. The second kappa shape index (κ2) is 6.95. The van der Waals surface area contributed by atoms with Crippen LogP contribution in [-0.4, -0.2) is 21.8 Å². The molecule has 0 spiro atoms. The zero-order valence-corrected chi connectivity index (χ0v) is 12.6. The zero-order chi connectivity index (χ0) is 16.1. The number of nitrogens with zero attached hydrogens (tertiary/aromatic N) is 3. The maximum Gasteiger partial charge on any atom is 0.271 e. The average molecular weight is 302 g/mol. The predicted molar refractivity (Wildman–Crippen MR) is 83.6 cm³/mol. The van der Waals surface area contributed by atoms with Crippen LogP contribution < -0.4 is 10.9 Å². The molecule has 0 amide bonds. The maximum absolute atomic E-state index is 12.3. The zero-order valence-electron chi connectivity index (χ0n) is 12.6. The van der Waals surface area contributed by atoms with Gasteiger partial charge < -0.3 is 5.32 Å². The van der Waals surface area contributed by atoms with E-state index in [-0.39, 0.29) is 11.2 Å². The number of nitro benzene ring substituents is 1. The first-order chi connectivity index (χ1) is 10.6. The number of hydrogen-bond acceptors (Lipinski definition) is 5. The number of aromatic nitrogens is 2. The summed E-state index contributed by atoms with van der Waals surface area (Å²) in [7, 11) is 1.76. The molecule has 0 aliphatic rings. The largest absolute Gasteiger partial charge is 0.315 e. The van der Waals surface area contributed by atoms with E-state index in [0.717, 1.165) is 6.42 Å². The van der Waals surface area contributed by atoms with Gasteiger partial charge in [-0.2, -0.15) is 5.10 Å². The number of nitro groups is 1. The Balaban J connectivity index is 2.56. The fourth-order valence-corrected chi connectivity index (χ4v) is 2.20. The van der Waals surface area contributed by atoms with Crippen molar-refractivity contribution < 1.29 is 4.92 Å². The Labute approximate surface area is 127 Å². The maximum atomic E-state index is 12.3. The standard InChI is InChI=1S/C15H18N4O3/c1-3-7-18-15(20)12(10-16-2)9-14(17-18)11-5-4-6-13(8-11)19(21)22/h4-6,8-9,16H,3,7,10H2,1-2H3. The van der Waals surface area contributed by atoms with Crippen LogP contribution in [0.5, 0.6) is 0 Å². The highest BCUT2D eigenvalue weighted by molar-refractivity contribution is 5.62. The fourth-order valence-electron chi connectivity index (χ4n) is 2.20. The molecule has 1 aromatic heterocycles. The van der Waals surface area contributed by atoms with Crippen molar-refractivity contribution in [2.24, 2.45) is 0 Å². The highest BCUT2D eigenvalue weighted by Crippen LogP contribution is 2.22. The predicted octanol–water partition coefficient (Wildman–Crippen LogP) is 1.95. The van der Waals surface area contributed by atoms with E-state index in [1.165, 1.54) is 16.8 Å². The van der Waals surface area contributed by atoms with Crippen LogP contribution in [0, 0.1) is 10.1 Å². The Kier molecular flexibility index (Phi) is 5.00. The van der Waals surface area contributed by atoms with Gasteiger partial charge in [-0.3, -0.25) is 14.9 Å². The molecule has 0 bridgehead atoms. The average Bonchev–Trinajstić information content (AvgIpc) is 2.51. The third-order valence-corrected chi connectivity index (χ3v) is 3.20. The molecule has 2 aromatic rings. The van der Waals surface area contributed by atoms with E-state index in [1.807, 2.05) is 6.92 Å². The molecule has 0 unspecified atom stereocenters. The van der Waals surface area contributed by atoms with Crippen molar-refractivity contribution >= 4 is 5.69 Å². The normalized spacial score (nSPS) is 10.6. The van der Waals surface area contributed by atoms with E-state index in [1.54, 1.807) is 25.2 Å². The highest BCUT2D eigenvalue weighted by Gasteiger charge is 2.12. The van der Waals surface area contributed by atoms with Crippen LogP contribution in [0.15, 0.2) is 35.1 Å². The van der Waals surface area contributed by atoms with Gasteiger partial charge in [0.05, 0.1) is 10.6 Å². The first kappa shape index (κ1) is 15.8. The monoisotopic (exact) mass is 302 g/mol. The van der Waals surface area contributed by atoms with E-state index in [2.05, 4.69) is 10.4 Å². The number of aryl methyl sites for hydroxylation is 1. The molecule has 2 rings (SSSR count). The Morgan fingerprint density at radius 1 is 1.36 bits per heavy atom. The number of rotatable bonds is 6. The van der Waals surface area contributed by atoms with Crippen molar-refractivity contribution in [2.45, 2.75) is 26.4 Å². The molecule has 0 radical (unpaired) electrons. The van der Waals surface area contributed by atoms with E-state index in [4.69, 9.17) is 0 Å². The first-order valence-electron chi connectivity index (χ1n) is 7.07. The molecular formula is C15H18N4O3. The van der Waals surface area contributed by atoms with E-state index >= 15 is 0 Å². The van der Waals surface area contributed by atoms with Gasteiger partial charge in [0.2, 0.25) is 0 Å². The van der Waals surface area contributed by atoms with Crippen LogP contribution in [0.4, 0.5) is 5.69 Å². The minimum absolute atomic E-state index is 0.00251. The Bertz CT molecular complexity index is 710. The molecule has 0 saturated carbocycles. The summed E-state index contributed by atoms with van der Waals surface area (Å²) in [5.41, 5.74) is 1.64. The van der Waals surface area contributed by atoms with Crippen LogP contribution in [0.2, 0.25) is 0 Å². The fraction of sp³-hybridized carbons (Fsp3) is 0.333.